The van der Waals surface area contributed by atoms with E-state index in [1.54, 1.807) is 0 Å². The van der Waals surface area contributed by atoms with Crippen molar-refractivity contribution in [1.29, 1.82) is 0 Å². The number of rotatable bonds is 5. The molecule has 7 rings (SSSR count). The van der Waals surface area contributed by atoms with Gasteiger partial charge in [-0.2, -0.15) is 0 Å². The van der Waals surface area contributed by atoms with Crippen molar-refractivity contribution in [3.05, 3.63) is 114 Å². The molecule has 0 amide bonds. The predicted octanol–water partition coefficient (Wildman–Crippen LogP) is 5.31. The number of benzene rings is 3. The van der Waals surface area contributed by atoms with Crippen molar-refractivity contribution in [2.75, 3.05) is 0 Å². The van der Waals surface area contributed by atoms with Crippen LogP contribution < -0.4 is 10.5 Å². The van der Waals surface area contributed by atoms with Crippen molar-refractivity contribution < 1.29 is 9.84 Å². The fourth-order valence-corrected chi connectivity index (χ4v) is 5.40. The van der Waals surface area contributed by atoms with Crippen LogP contribution >= 0.6 is 0 Å². The van der Waals surface area contributed by atoms with Crippen molar-refractivity contribution in [2.45, 2.75) is 37.5 Å². The molecule has 2 aliphatic rings. The molecule has 0 saturated heterocycles. The summed E-state index contributed by atoms with van der Waals surface area (Å²) in [6.45, 7) is 0.216. The zero-order valence-corrected chi connectivity index (χ0v) is 20.8. The number of nitrogens with zero attached hydrogens (tertiary/aromatic N) is 4. The molecule has 3 N–H and O–H groups in total. The van der Waals surface area contributed by atoms with Crippen LogP contribution in [0.3, 0.4) is 0 Å². The number of aliphatic hydroxyl groups is 1. The van der Waals surface area contributed by atoms with Gasteiger partial charge in [0.1, 0.15) is 11.8 Å². The average Bonchev–Trinajstić information content (AvgIpc) is 3.40. The molecule has 1 unspecified atom stereocenters. The van der Waals surface area contributed by atoms with Crippen LogP contribution in [0, 0.1) is 0 Å². The van der Waals surface area contributed by atoms with Gasteiger partial charge in [-0.05, 0) is 42.0 Å². The third-order valence-electron chi connectivity index (χ3n) is 7.73. The topological polar surface area (TPSA) is 99.1 Å². The molecule has 2 aromatic heterocycles. The van der Waals surface area contributed by atoms with Gasteiger partial charge < -0.3 is 15.6 Å². The Bertz CT molecular complexity index is 1610. The number of hydrogen-bond donors (Lipinski definition) is 2. The third kappa shape index (κ3) is 3.70. The summed E-state index contributed by atoms with van der Waals surface area (Å²) in [5.74, 6) is 1.53. The maximum absolute atomic E-state index is 11.2. The van der Waals surface area contributed by atoms with Gasteiger partial charge in [0.05, 0.1) is 5.69 Å². The van der Waals surface area contributed by atoms with Crippen molar-refractivity contribution in [3.8, 4) is 34.0 Å². The Kier molecular flexibility index (Phi) is 5.35. The summed E-state index contributed by atoms with van der Waals surface area (Å²) >= 11 is 0. The molecule has 3 heterocycles. The lowest BCUT2D eigenvalue weighted by atomic mass is 9.72. The molecule has 5 aromatic rings. The predicted molar refractivity (Wildman–Crippen MR) is 145 cm³/mol. The lowest BCUT2D eigenvalue weighted by molar-refractivity contribution is 0.204. The first kappa shape index (κ1) is 22.8. The summed E-state index contributed by atoms with van der Waals surface area (Å²) in [5, 5.41) is 19.9. The van der Waals surface area contributed by atoms with Gasteiger partial charge in [-0.1, -0.05) is 84.9 Å². The highest BCUT2D eigenvalue weighted by Gasteiger charge is 2.34. The highest BCUT2D eigenvalue weighted by molar-refractivity contribution is 5.83. The summed E-state index contributed by atoms with van der Waals surface area (Å²) < 4.78 is 7.94. The number of aromatic nitrogens is 4. The van der Waals surface area contributed by atoms with E-state index in [9.17, 15) is 5.11 Å². The Labute approximate surface area is 220 Å². The normalized spacial score (nSPS) is 16.1. The fourth-order valence-electron chi connectivity index (χ4n) is 5.40. The largest absolute Gasteiger partial charge is 0.468 e. The molecule has 0 spiro atoms. The number of pyridine rings is 1. The van der Waals surface area contributed by atoms with Crippen LogP contribution in [0.25, 0.3) is 28.1 Å². The molecule has 7 heteroatoms. The Hall–Kier alpha value is -4.33. The van der Waals surface area contributed by atoms with E-state index in [1.165, 1.54) is 6.42 Å². The maximum atomic E-state index is 11.2. The Morgan fingerprint density at radius 3 is 2.26 bits per heavy atom. The molecule has 1 aliphatic carbocycles. The molecule has 1 fully saturated rings. The Morgan fingerprint density at radius 1 is 0.868 bits per heavy atom. The van der Waals surface area contributed by atoms with Gasteiger partial charge in [-0.25, -0.2) is 4.98 Å². The first-order chi connectivity index (χ1) is 18.6. The molecule has 1 aliphatic heterocycles. The first-order valence-electron chi connectivity index (χ1n) is 12.9. The SMILES string of the molecule is NC1(c2ccc(-c3nc4c(cc3-c3ccccc3)-n3c(nnc3C(O)c3ccccc3)CO4)cc2)CCC1. The molecule has 1 saturated carbocycles. The first-order valence-corrected chi connectivity index (χ1v) is 12.9. The quantitative estimate of drug-likeness (QED) is 0.339. The van der Waals surface area contributed by atoms with E-state index in [4.69, 9.17) is 15.5 Å². The van der Waals surface area contributed by atoms with Crippen LogP contribution in [-0.2, 0) is 12.1 Å². The van der Waals surface area contributed by atoms with E-state index in [-0.39, 0.29) is 12.1 Å². The fraction of sp³-hybridized carbons (Fsp3) is 0.194. The highest BCUT2D eigenvalue weighted by atomic mass is 16.5. The smallest absolute Gasteiger partial charge is 0.239 e. The maximum Gasteiger partial charge on any atom is 0.239 e. The Morgan fingerprint density at radius 2 is 1.58 bits per heavy atom. The van der Waals surface area contributed by atoms with E-state index >= 15 is 0 Å². The summed E-state index contributed by atoms with van der Waals surface area (Å²) in [7, 11) is 0. The lowest BCUT2D eigenvalue weighted by Gasteiger charge is -2.38. The van der Waals surface area contributed by atoms with Gasteiger partial charge in [0.25, 0.3) is 0 Å². The van der Waals surface area contributed by atoms with Crippen LogP contribution in [0.1, 0.15) is 48.1 Å². The van der Waals surface area contributed by atoms with Crippen LogP contribution in [0.15, 0.2) is 91.0 Å². The molecular formula is C31H27N5O2. The summed E-state index contributed by atoms with van der Waals surface area (Å²) in [5.41, 5.74) is 12.8. The monoisotopic (exact) mass is 501 g/mol. The van der Waals surface area contributed by atoms with Crippen molar-refractivity contribution in [3.63, 3.8) is 0 Å². The summed E-state index contributed by atoms with van der Waals surface area (Å²) in [6.07, 6.45) is 2.27. The standard InChI is InChI=1S/C31H27N5O2/c32-31(16-7-17-31)23-14-12-21(13-15-23)27-24(20-8-3-1-4-9-20)18-25-30(33-27)38-19-26-34-35-29(36(25)26)28(37)22-10-5-2-6-11-22/h1-6,8-15,18,28,37H,7,16-17,19,32H2. The second-order valence-corrected chi connectivity index (χ2v) is 10.1. The molecule has 7 nitrogen and oxygen atoms in total. The highest BCUT2D eigenvalue weighted by Crippen LogP contribution is 2.42. The average molecular weight is 502 g/mol. The van der Waals surface area contributed by atoms with E-state index in [0.717, 1.165) is 46.4 Å². The van der Waals surface area contributed by atoms with Crippen LogP contribution in [0.2, 0.25) is 0 Å². The molecule has 0 radical (unpaired) electrons. The molecule has 1 atom stereocenters. The van der Waals surface area contributed by atoms with Gasteiger partial charge in [0.15, 0.2) is 18.3 Å². The van der Waals surface area contributed by atoms with Crippen molar-refractivity contribution >= 4 is 0 Å². The molecule has 188 valence electrons. The van der Waals surface area contributed by atoms with Crippen LogP contribution in [-0.4, -0.2) is 24.9 Å². The minimum atomic E-state index is -0.939. The lowest BCUT2D eigenvalue weighted by Crippen LogP contribution is -2.43. The zero-order chi connectivity index (χ0) is 25.7. The summed E-state index contributed by atoms with van der Waals surface area (Å²) in [4.78, 5) is 5.03. The second-order valence-electron chi connectivity index (χ2n) is 10.1. The number of ether oxygens (including phenoxy) is 1. The molecule has 3 aromatic carbocycles. The van der Waals surface area contributed by atoms with E-state index in [0.29, 0.717) is 23.2 Å². The van der Waals surface area contributed by atoms with Crippen LogP contribution in [0.5, 0.6) is 5.88 Å². The van der Waals surface area contributed by atoms with Gasteiger partial charge in [0.2, 0.25) is 5.88 Å². The van der Waals surface area contributed by atoms with E-state index in [1.807, 2.05) is 53.1 Å². The molecular weight excluding hydrogens is 474 g/mol. The number of nitrogens with two attached hydrogens (primary N) is 1. The van der Waals surface area contributed by atoms with E-state index in [2.05, 4.69) is 52.7 Å². The number of hydrogen-bond acceptors (Lipinski definition) is 6. The number of aliphatic hydroxyl groups excluding tert-OH is 1. The molecule has 0 bridgehead atoms. The minimum absolute atomic E-state index is 0.214. The second kappa shape index (κ2) is 8.90. The van der Waals surface area contributed by atoms with Gasteiger partial charge in [0, 0.05) is 16.7 Å². The van der Waals surface area contributed by atoms with Gasteiger partial charge >= 0.3 is 0 Å². The van der Waals surface area contributed by atoms with Crippen molar-refractivity contribution in [2.24, 2.45) is 5.73 Å². The molecule has 38 heavy (non-hydrogen) atoms. The zero-order valence-electron chi connectivity index (χ0n) is 20.8. The van der Waals surface area contributed by atoms with Crippen molar-refractivity contribution in [1.82, 2.24) is 19.7 Å². The van der Waals surface area contributed by atoms with Gasteiger partial charge in [-0.15, -0.1) is 10.2 Å². The van der Waals surface area contributed by atoms with Gasteiger partial charge in [-0.3, -0.25) is 4.57 Å². The van der Waals surface area contributed by atoms with Crippen LogP contribution in [0.4, 0.5) is 0 Å². The number of fused-ring (bicyclic) bond motifs is 3. The minimum Gasteiger partial charge on any atom is -0.468 e. The third-order valence-corrected chi connectivity index (χ3v) is 7.73. The summed E-state index contributed by atoms with van der Waals surface area (Å²) in [6, 6.07) is 30.1. The van der Waals surface area contributed by atoms with E-state index < -0.39 is 6.10 Å². The Balaban J connectivity index is 1.38.